The Morgan fingerprint density at radius 3 is 2.57 bits per heavy atom. The van der Waals surface area contributed by atoms with E-state index < -0.39 is 0 Å². The molecule has 0 aliphatic rings. The quantitative estimate of drug-likeness (QED) is 0.657. The average molecular weight is 345 g/mol. The fourth-order valence-electron chi connectivity index (χ4n) is 2.11. The molecular formula is C17H17BrN2O. The van der Waals surface area contributed by atoms with Gasteiger partial charge in [0.25, 0.3) is 5.91 Å². The molecule has 0 radical (unpaired) electrons. The number of halogens is 1. The maximum Gasteiger partial charge on any atom is 0.271 e. The zero-order valence-corrected chi connectivity index (χ0v) is 13.9. The van der Waals surface area contributed by atoms with Crippen LogP contribution in [-0.4, -0.2) is 11.6 Å². The number of hydrogen-bond acceptors (Lipinski definition) is 2. The molecule has 0 bridgehead atoms. The number of amides is 1. The van der Waals surface area contributed by atoms with Crippen molar-refractivity contribution in [3.05, 3.63) is 69.2 Å². The normalized spacial score (nSPS) is 11.3. The highest BCUT2D eigenvalue weighted by Gasteiger charge is 2.06. The van der Waals surface area contributed by atoms with Crippen LogP contribution in [0.15, 0.2) is 52.0 Å². The summed E-state index contributed by atoms with van der Waals surface area (Å²) in [5, 5.41) is 4.19. The standard InChI is InChI=1S/C17H17BrN2O/c1-11-7-8-16(12(2)9-11)13(3)19-20-17(21)14-5-4-6-15(18)10-14/h4-10H,1-3H3,(H,20,21). The maximum atomic E-state index is 12.0. The van der Waals surface area contributed by atoms with Gasteiger partial charge >= 0.3 is 0 Å². The van der Waals surface area contributed by atoms with E-state index in [-0.39, 0.29) is 5.91 Å². The van der Waals surface area contributed by atoms with Crippen molar-refractivity contribution in [1.29, 1.82) is 0 Å². The van der Waals surface area contributed by atoms with Crippen LogP contribution in [-0.2, 0) is 0 Å². The summed E-state index contributed by atoms with van der Waals surface area (Å²) in [6.07, 6.45) is 0. The number of carbonyl (C=O) groups is 1. The summed E-state index contributed by atoms with van der Waals surface area (Å²) >= 11 is 3.35. The highest BCUT2D eigenvalue weighted by Crippen LogP contribution is 2.13. The van der Waals surface area contributed by atoms with E-state index in [4.69, 9.17) is 0 Å². The summed E-state index contributed by atoms with van der Waals surface area (Å²) in [6.45, 7) is 5.98. The van der Waals surface area contributed by atoms with Gasteiger partial charge in [-0.1, -0.05) is 45.8 Å². The van der Waals surface area contributed by atoms with Gasteiger partial charge in [0.05, 0.1) is 5.71 Å². The SMILES string of the molecule is CC(=NNC(=O)c1cccc(Br)c1)c1ccc(C)cc1C. The highest BCUT2D eigenvalue weighted by atomic mass is 79.9. The molecule has 0 aliphatic heterocycles. The van der Waals surface area contributed by atoms with Gasteiger partial charge in [-0.05, 0) is 44.5 Å². The fourth-order valence-corrected chi connectivity index (χ4v) is 2.51. The lowest BCUT2D eigenvalue weighted by Gasteiger charge is -2.07. The molecule has 0 unspecified atom stereocenters. The van der Waals surface area contributed by atoms with Crippen LogP contribution in [0.5, 0.6) is 0 Å². The smallest absolute Gasteiger partial charge is 0.267 e. The summed E-state index contributed by atoms with van der Waals surface area (Å²) < 4.78 is 0.866. The summed E-state index contributed by atoms with van der Waals surface area (Å²) in [7, 11) is 0. The molecule has 2 aromatic rings. The molecule has 0 aromatic heterocycles. The van der Waals surface area contributed by atoms with Crippen molar-refractivity contribution in [2.75, 3.05) is 0 Å². The molecule has 0 spiro atoms. The minimum Gasteiger partial charge on any atom is -0.267 e. The predicted molar refractivity (Wildman–Crippen MR) is 89.7 cm³/mol. The van der Waals surface area contributed by atoms with E-state index in [1.165, 1.54) is 5.56 Å². The first kappa shape index (κ1) is 15.4. The zero-order chi connectivity index (χ0) is 15.4. The minimum atomic E-state index is -0.222. The van der Waals surface area contributed by atoms with E-state index in [1.54, 1.807) is 12.1 Å². The van der Waals surface area contributed by atoms with Crippen molar-refractivity contribution in [2.24, 2.45) is 5.10 Å². The van der Waals surface area contributed by atoms with Gasteiger partial charge in [-0.15, -0.1) is 0 Å². The third-order valence-electron chi connectivity index (χ3n) is 3.18. The van der Waals surface area contributed by atoms with Crippen LogP contribution in [0.2, 0.25) is 0 Å². The van der Waals surface area contributed by atoms with Crippen LogP contribution in [0.4, 0.5) is 0 Å². The van der Waals surface area contributed by atoms with Crippen molar-refractivity contribution in [2.45, 2.75) is 20.8 Å². The Balaban J connectivity index is 2.15. The predicted octanol–water partition coefficient (Wildman–Crippen LogP) is 4.22. The Hall–Kier alpha value is -1.94. The van der Waals surface area contributed by atoms with Crippen LogP contribution >= 0.6 is 15.9 Å². The minimum absolute atomic E-state index is 0.222. The summed E-state index contributed by atoms with van der Waals surface area (Å²) in [4.78, 5) is 12.0. The van der Waals surface area contributed by atoms with Crippen LogP contribution in [0.1, 0.15) is 34.0 Å². The first-order valence-electron chi connectivity index (χ1n) is 6.65. The summed E-state index contributed by atoms with van der Waals surface area (Å²) in [5.41, 5.74) is 7.35. The van der Waals surface area contributed by atoms with E-state index in [9.17, 15) is 4.79 Å². The van der Waals surface area contributed by atoms with E-state index in [0.717, 1.165) is 21.3 Å². The molecule has 0 fully saturated rings. The third-order valence-corrected chi connectivity index (χ3v) is 3.68. The zero-order valence-electron chi connectivity index (χ0n) is 12.3. The molecule has 1 N–H and O–H groups in total. The van der Waals surface area contributed by atoms with Gasteiger partial charge in [0.15, 0.2) is 0 Å². The molecule has 0 saturated heterocycles. The Labute approximate surface area is 133 Å². The average Bonchev–Trinajstić information content (AvgIpc) is 2.44. The van der Waals surface area contributed by atoms with Crippen molar-refractivity contribution in [3.8, 4) is 0 Å². The molecule has 0 heterocycles. The summed E-state index contributed by atoms with van der Waals surface area (Å²) in [5.74, 6) is -0.222. The number of aryl methyl sites for hydroxylation is 2. The van der Waals surface area contributed by atoms with Crippen LogP contribution < -0.4 is 5.43 Å². The number of benzene rings is 2. The van der Waals surface area contributed by atoms with Gasteiger partial charge < -0.3 is 0 Å². The van der Waals surface area contributed by atoms with E-state index in [0.29, 0.717) is 5.56 Å². The highest BCUT2D eigenvalue weighted by molar-refractivity contribution is 9.10. The Morgan fingerprint density at radius 1 is 1.14 bits per heavy atom. The van der Waals surface area contributed by atoms with Crippen LogP contribution in [0.25, 0.3) is 0 Å². The monoisotopic (exact) mass is 344 g/mol. The van der Waals surface area contributed by atoms with Gasteiger partial charge in [0.1, 0.15) is 0 Å². The lowest BCUT2D eigenvalue weighted by Crippen LogP contribution is -2.19. The Morgan fingerprint density at radius 2 is 1.90 bits per heavy atom. The molecule has 2 aromatic carbocycles. The number of hydrazone groups is 1. The largest absolute Gasteiger partial charge is 0.271 e. The molecule has 1 amide bonds. The van der Waals surface area contributed by atoms with Crippen LogP contribution in [0, 0.1) is 13.8 Å². The molecule has 4 heteroatoms. The molecule has 0 atom stereocenters. The van der Waals surface area contributed by atoms with E-state index in [2.05, 4.69) is 39.4 Å². The van der Waals surface area contributed by atoms with Gasteiger partial charge in [-0.3, -0.25) is 4.79 Å². The molecule has 0 aliphatic carbocycles. The second kappa shape index (κ2) is 6.68. The fraction of sp³-hybridized carbons (Fsp3) is 0.176. The number of hydrogen-bond donors (Lipinski definition) is 1. The molecule has 108 valence electrons. The Kier molecular flexibility index (Phi) is 4.91. The maximum absolute atomic E-state index is 12.0. The van der Waals surface area contributed by atoms with Crippen molar-refractivity contribution < 1.29 is 4.79 Å². The molecule has 3 nitrogen and oxygen atoms in total. The Bertz CT molecular complexity index is 708. The third kappa shape index (κ3) is 4.02. The summed E-state index contributed by atoms with van der Waals surface area (Å²) in [6, 6.07) is 13.4. The van der Waals surface area contributed by atoms with E-state index >= 15 is 0 Å². The van der Waals surface area contributed by atoms with Gasteiger partial charge in [0, 0.05) is 15.6 Å². The second-order valence-corrected chi connectivity index (χ2v) is 5.88. The molecule has 0 saturated carbocycles. The lowest BCUT2D eigenvalue weighted by atomic mass is 10.0. The first-order valence-corrected chi connectivity index (χ1v) is 7.44. The second-order valence-electron chi connectivity index (χ2n) is 4.97. The number of nitrogens with zero attached hydrogens (tertiary/aromatic N) is 1. The van der Waals surface area contributed by atoms with E-state index in [1.807, 2.05) is 38.1 Å². The van der Waals surface area contributed by atoms with Gasteiger partial charge in [-0.2, -0.15) is 5.10 Å². The van der Waals surface area contributed by atoms with Crippen molar-refractivity contribution >= 4 is 27.5 Å². The van der Waals surface area contributed by atoms with Crippen molar-refractivity contribution in [3.63, 3.8) is 0 Å². The molecule has 2 rings (SSSR count). The molecular weight excluding hydrogens is 328 g/mol. The van der Waals surface area contributed by atoms with Crippen molar-refractivity contribution in [1.82, 2.24) is 5.43 Å². The topological polar surface area (TPSA) is 41.5 Å². The number of rotatable bonds is 3. The van der Waals surface area contributed by atoms with Crippen LogP contribution in [0.3, 0.4) is 0 Å². The van der Waals surface area contributed by atoms with Gasteiger partial charge in [-0.25, -0.2) is 5.43 Å². The van der Waals surface area contributed by atoms with Gasteiger partial charge in [0.2, 0.25) is 0 Å². The first-order chi connectivity index (χ1) is 9.97. The number of nitrogens with one attached hydrogen (secondary N) is 1. The molecule has 21 heavy (non-hydrogen) atoms. The lowest BCUT2D eigenvalue weighted by molar-refractivity contribution is 0.0955. The number of carbonyl (C=O) groups excluding carboxylic acids is 1.